The highest BCUT2D eigenvalue weighted by molar-refractivity contribution is 7.91. The molecule has 23 heavy (non-hydrogen) atoms. The van der Waals surface area contributed by atoms with E-state index in [1.165, 1.54) is 7.11 Å². The van der Waals surface area contributed by atoms with Gasteiger partial charge in [0.05, 0.1) is 30.5 Å². The predicted octanol–water partition coefficient (Wildman–Crippen LogP) is 0.731. The summed E-state index contributed by atoms with van der Waals surface area (Å²) >= 11 is 0. The Bertz CT molecular complexity index is 604. The molecule has 1 heterocycles. The average molecular weight is 342 g/mol. The minimum Gasteiger partial charge on any atom is -0.497 e. The highest BCUT2D eigenvalue weighted by Crippen LogP contribution is 2.18. The van der Waals surface area contributed by atoms with Crippen molar-refractivity contribution in [3.8, 4) is 5.75 Å². The third-order valence-corrected chi connectivity index (χ3v) is 5.56. The number of ether oxygens (including phenoxy) is 2. The minimum atomic E-state index is -3.31. The van der Waals surface area contributed by atoms with Crippen LogP contribution in [-0.2, 0) is 14.6 Å². The Morgan fingerprint density at radius 1 is 1.39 bits per heavy atom. The van der Waals surface area contributed by atoms with Gasteiger partial charge in [-0.3, -0.25) is 4.90 Å². The van der Waals surface area contributed by atoms with E-state index in [-0.39, 0.29) is 11.9 Å². The second kappa shape index (κ2) is 8.10. The van der Waals surface area contributed by atoms with Crippen molar-refractivity contribution in [3.63, 3.8) is 0 Å². The fourth-order valence-electron chi connectivity index (χ4n) is 2.66. The van der Waals surface area contributed by atoms with E-state index >= 15 is 0 Å². The van der Waals surface area contributed by atoms with Crippen molar-refractivity contribution in [3.05, 3.63) is 24.3 Å². The average Bonchev–Trinajstić information content (AvgIpc) is 2.53. The van der Waals surface area contributed by atoms with Gasteiger partial charge in [-0.1, -0.05) is 6.07 Å². The lowest BCUT2D eigenvalue weighted by atomic mass is 10.2. The molecule has 6 nitrogen and oxygen atoms in total. The van der Waals surface area contributed by atoms with Crippen LogP contribution < -0.4 is 4.74 Å². The van der Waals surface area contributed by atoms with Crippen LogP contribution in [0.1, 0.15) is 0 Å². The van der Waals surface area contributed by atoms with Gasteiger partial charge in [0.25, 0.3) is 0 Å². The molecular formula is C16H26N2O4S. The van der Waals surface area contributed by atoms with Crippen LogP contribution in [0, 0.1) is 0 Å². The molecule has 1 saturated heterocycles. The molecule has 0 spiro atoms. The molecule has 7 heteroatoms. The molecular weight excluding hydrogens is 316 g/mol. The zero-order valence-corrected chi connectivity index (χ0v) is 14.9. The Labute approximate surface area is 138 Å². The zero-order valence-electron chi connectivity index (χ0n) is 14.1. The maximum Gasteiger partial charge on any atom is 0.179 e. The van der Waals surface area contributed by atoms with E-state index in [4.69, 9.17) is 9.47 Å². The number of benzene rings is 1. The summed E-state index contributed by atoms with van der Waals surface area (Å²) in [6.07, 6.45) is 0.137. The molecule has 130 valence electrons. The Balaban J connectivity index is 1.93. The SMILES string of the molecule is COc1cccc(S(=O)(=O)CCN2CCO[C@H](CN(C)C)C2)c1. The second-order valence-corrected chi connectivity index (χ2v) is 8.16. The van der Waals surface area contributed by atoms with Gasteiger partial charge in [-0.2, -0.15) is 0 Å². The molecule has 0 amide bonds. The standard InChI is InChI=1S/C16H26N2O4S/c1-17(2)12-15-13-18(7-9-22-15)8-10-23(19,20)16-6-4-5-14(11-16)21-3/h4-6,11,15H,7-10,12-13H2,1-3H3/t15-/m1/s1. The molecule has 1 aromatic carbocycles. The quantitative estimate of drug-likeness (QED) is 0.728. The molecule has 1 fully saturated rings. The smallest absolute Gasteiger partial charge is 0.179 e. The van der Waals surface area contributed by atoms with E-state index in [1.807, 2.05) is 14.1 Å². The fraction of sp³-hybridized carbons (Fsp3) is 0.625. The van der Waals surface area contributed by atoms with Crippen LogP contribution in [-0.4, -0.2) is 84.1 Å². The van der Waals surface area contributed by atoms with Crippen molar-refractivity contribution in [2.75, 3.05) is 59.7 Å². The fourth-order valence-corrected chi connectivity index (χ4v) is 3.98. The van der Waals surface area contributed by atoms with Gasteiger partial charge in [0, 0.05) is 26.2 Å². The zero-order chi connectivity index (χ0) is 16.9. The molecule has 0 bridgehead atoms. The first-order chi connectivity index (χ1) is 10.9. The predicted molar refractivity (Wildman–Crippen MR) is 89.8 cm³/mol. The van der Waals surface area contributed by atoms with Gasteiger partial charge in [0.2, 0.25) is 0 Å². The summed E-state index contributed by atoms with van der Waals surface area (Å²) in [5, 5.41) is 0. The van der Waals surface area contributed by atoms with Crippen LogP contribution in [0.5, 0.6) is 5.75 Å². The van der Waals surface area contributed by atoms with Gasteiger partial charge in [0.15, 0.2) is 9.84 Å². The number of methoxy groups -OCH3 is 1. The number of hydrogen-bond acceptors (Lipinski definition) is 6. The van der Waals surface area contributed by atoms with Gasteiger partial charge in [0.1, 0.15) is 5.75 Å². The van der Waals surface area contributed by atoms with E-state index in [0.29, 0.717) is 23.8 Å². The maximum atomic E-state index is 12.5. The van der Waals surface area contributed by atoms with Crippen molar-refractivity contribution in [2.24, 2.45) is 0 Å². The van der Waals surface area contributed by atoms with E-state index in [1.54, 1.807) is 24.3 Å². The van der Waals surface area contributed by atoms with Gasteiger partial charge in [-0.15, -0.1) is 0 Å². The molecule has 1 aromatic rings. The lowest BCUT2D eigenvalue weighted by Crippen LogP contribution is -2.47. The van der Waals surface area contributed by atoms with Crippen LogP contribution in [0.4, 0.5) is 0 Å². The number of likely N-dealkylation sites (N-methyl/N-ethyl adjacent to an activating group) is 1. The van der Waals surface area contributed by atoms with Crippen molar-refractivity contribution >= 4 is 9.84 Å². The highest BCUT2D eigenvalue weighted by atomic mass is 32.2. The van der Waals surface area contributed by atoms with Gasteiger partial charge in [-0.25, -0.2) is 8.42 Å². The maximum absolute atomic E-state index is 12.5. The number of nitrogens with zero attached hydrogens (tertiary/aromatic N) is 2. The van der Waals surface area contributed by atoms with Crippen molar-refractivity contribution in [1.29, 1.82) is 0 Å². The Kier molecular flexibility index (Phi) is 6.41. The molecule has 0 radical (unpaired) electrons. The van der Waals surface area contributed by atoms with Crippen molar-refractivity contribution in [1.82, 2.24) is 9.80 Å². The Morgan fingerprint density at radius 3 is 2.87 bits per heavy atom. The van der Waals surface area contributed by atoms with E-state index in [0.717, 1.165) is 19.6 Å². The van der Waals surface area contributed by atoms with E-state index in [9.17, 15) is 8.42 Å². The molecule has 0 unspecified atom stereocenters. The molecule has 1 aliphatic heterocycles. The lowest BCUT2D eigenvalue weighted by molar-refractivity contribution is -0.0361. The van der Waals surface area contributed by atoms with Crippen LogP contribution >= 0.6 is 0 Å². The largest absolute Gasteiger partial charge is 0.497 e. The summed E-state index contributed by atoms with van der Waals surface area (Å²) in [7, 11) is 2.25. The number of morpholine rings is 1. The molecule has 0 saturated carbocycles. The van der Waals surface area contributed by atoms with Crippen LogP contribution in [0.2, 0.25) is 0 Å². The summed E-state index contributed by atoms with van der Waals surface area (Å²) in [6, 6.07) is 6.63. The number of hydrogen-bond donors (Lipinski definition) is 0. The summed E-state index contributed by atoms with van der Waals surface area (Å²) in [4.78, 5) is 4.56. The number of rotatable bonds is 7. The normalized spacial score (nSPS) is 19.9. The Hall–Kier alpha value is -1.15. The van der Waals surface area contributed by atoms with Crippen LogP contribution in [0.3, 0.4) is 0 Å². The van der Waals surface area contributed by atoms with Gasteiger partial charge in [-0.05, 0) is 32.3 Å². The van der Waals surface area contributed by atoms with Crippen LogP contribution in [0.15, 0.2) is 29.2 Å². The van der Waals surface area contributed by atoms with E-state index < -0.39 is 9.84 Å². The lowest BCUT2D eigenvalue weighted by Gasteiger charge is -2.34. The topological polar surface area (TPSA) is 59.1 Å². The molecule has 1 aliphatic rings. The summed E-state index contributed by atoms with van der Waals surface area (Å²) in [5.41, 5.74) is 0. The highest BCUT2D eigenvalue weighted by Gasteiger charge is 2.23. The molecule has 2 rings (SSSR count). The molecule has 0 N–H and O–H groups in total. The minimum absolute atomic E-state index is 0.106. The monoisotopic (exact) mass is 342 g/mol. The summed E-state index contributed by atoms with van der Waals surface area (Å²) in [6.45, 7) is 3.56. The second-order valence-electron chi connectivity index (χ2n) is 6.05. The third-order valence-electron chi connectivity index (χ3n) is 3.87. The van der Waals surface area contributed by atoms with E-state index in [2.05, 4.69) is 9.80 Å². The first-order valence-electron chi connectivity index (χ1n) is 7.76. The van der Waals surface area contributed by atoms with Crippen LogP contribution in [0.25, 0.3) is 0 Å². The Morgan fingerprint density at radius 2 is 2.17 bits per heavy atom. The molecule has 1 atom stereocenters. The van der Waals surface area contributed by atoms with Crippen molar-refractivity contribution < 1.29 is 17.9 Å². The summed E-state index contributed by atoms with van der Waals surface area (Å²) in [5.74, 6) is 0.665. The van der Waals surface area contributed by atoms with Crippen molar-refractivity contribution in [2.45, 2.75) is 11.0 Å². The first kappa shape index (κ1) is 18.2. The van der Waals surface area contributed by atoms with Gasteiger partial charge < -0.3 is 14.4 Å². The molecule has 0 aliphatic carbocycles. The molecule has 0 aromatic heterocycles. The first-order valence-corrected chi connectivity index (χ1v) is 9.41. The third kappa shape index (κ3) is 5.46. The van der Waals surface area contributed by atoms with Gasteiger partial charge >= 0.3 is 0 Å². The summed E-state index contributed by atoms with van der Waals surface area (Å²) < 4.78 is 35.8. The number of sulfone groups is 1.